The molecule has 0 heterocycles. The van der Waals surface area contributed by atoms with Crippen molar-refractivity contribution in [2.45, 2.75) is 84.7 Å². The summed E-state index contributed by atoms with van der Waals surface area (Å²) >= 11 is 0. The Kier molecular flexibility index (Phi) is 10.9. The zero-order chi connectivity index (χ0) is 24.9. The average Bonchev–Trinajstić information content (AvgIpc) is 2.88. The van der Waals surface area contributed by atoms with Crippen molar-refractivity contribution in [2.75, 3.05) is 0 Å². The largest absolute Gasteiger partial charge is 0.491 e. The van der Waals surface area contributed by atoms with Crippen LogP contribution in [0.5, 0.6) is 11.5 Å². The van der Waals surface area contributed by atoms with Crippen LogP contribution in [0.25, 0.3) is 11.1 Å². The number of hydrogen-bond donors (Lipinski definition) is 0. The maximum atomic E-state index is 12.5. The molecule has 3 aromatic rings. The average molecular weight is 473 g/mol. The molecule has 35 heavy (non-hydrogen) atoms. The Hall–Kier alpha value is -3.07. The van der Waals surface area contributed by atoms with E-state index in [4.69, 9.17) is 9.47 Å². The van der Waals surface area contributed by atoms with E-state index in [2.05, 4.69) is 32.9 Å². The second kappa shape index (κ2) is 14.4. The molecule has 1 atom stereocenters. The molecule has 0 aliphatic heterocycles. The first-order valence-corrected chi connectivity index (χ1v) is 13.3. The van der Waals surface area contributed by atoms with Crippen molar-refractivity contribution >= 4 is 5.97 Å². The number of ether oxygens (including phenoxy) is 2. The van der Waals surface area contributed by atoms with Gasteiger partial charge in [-0.3, -0.25) is 0 Å². The van der Waals surface area contributed by atoms with Crippen LogP contribution in [0.4, 0.5) is 0 Å². The molecule has 0 radical (unpaired) electrons. The van der Waals surface area contributed by atoms with Gasteiger partial charge in [-0.1, -0.05) is 82.3 Å². The maximum absolute atomic E-state index is 12.5. The minimum absolute atomic E-state index is 0.226. The van der Waals surface area contributed by atoms with Crippen molar-refractivity contribution in [1.82, 2.24) is 0 Å². The summed E-state index contributed by atoms with van der Waals surface area (Å²) in [6.07, 6.45) is 11.0. The lowest BCUT2D eigenvalue weighted by Crippen LogP contribution is -2.11. The minimum Gasteiger partial charge on any atom is -0.491 e. The van der Waals surface area contributed by atoms with Gasteiger partial charge in [-0.2, -0.15) is 0 Å². The van der Waals surface area contributed by atoms with Gasteiger partial charge in [-0.15, -0.1) is 0 Å². The normalized spacial score (nSPS) is 11.7. The molecule has 0 aliphatic carbocycles. The fraction of sp³-hybridized carbons (Fsp3) is 0.406. The van der Waals surface area contributed by atoms with Crippen LogP contribution in [0.1, 0.15) is 88.1 Å². The smallest absolute Gasteiger partial charge is 0.343 e. The SMILES string of the molecule is CCCCCC[C@H](C)Oc1ccc(-c2ccc(OC(=O)c3ccc(CCCCC)cc3)cc2)cc1. The molecule has 0 bridgehead atoms. The first-order valence-electron chi connectivity index (χ1n) is 13.3. The standard InChI is InChI=1S/C32H40O3/c1-4-6-8-10-11-25(3)34-30-21-17-27(18-22-30)28-19-23-31(24-20-28)35-32(33)29-15-13-26(14-16-29)12-9-7-5-2/h13-25H,4-12H2,1-3H3/t25-/m0/s1. The van der Waals surface area contributed by atoms with E-state index in [0.29, 0.717) is 11.3 Å². The molecule has 0 saturated carbocycles. The lowest BCUT2D eigenvalue weighted by Gasteiger charge is -2.15. The summed E-state index contributed by atoms with van der Waals surface area (Å²) in [4.78, 5) is 12.5. The van der Waals surface area contributed by atoms with Gasteiger partial charge in [-0.25, -0.2) is 4.79 Å². The second-order valence-corrected chi connectivity index (χ2v) is 9.37. The van der Waals surface area contributed by atoms with E-state index in [1.165, 1.54) is 50.5 Å². The summed E-state index contributed by atoms with van der Waals surface area (Å²) in [5.74, 6) is 1.12. The van der Waals surface area contributed by atoms with Gasteiger partial charge in [0.1, 0.15) is 11.5 Å². The van der Waals surface area contributed by atoms with Gasteiger partial charge in [0.15, 0.2) is 0 Å². The van der Waals surface area contributed by atoms with E-state index in [1.54, 1.807) is 0 Å². The molecular formula is C32H40O3. The van der Waals surface area contributed by atoms with Crippen LogP contribution >= 0.6 is 0 Å². The molecule has 0 N–H and O–H groups in total. The van der Waals surface area contributed by atoms with Crippen LogP contribution < -0.4 is 9.47 Å². The molecular weight excluding hydrogens is 432 g/mol. The lowest BCUT2D eigenvalue weighted by molar-refractivity contribution is 0.0734. The monoisotopic (exact) mass is 472 g/mol. The van der Waals surface area contributed by atoms with Crippen LogP contribution in [-0.2, 0) is 6.42 Å². The molecule has 3 aromatic carbocycles. The van der Waals surface area contributed by atoms with Crippen LogP contribution in [0.3, 0.4) is 0 Å². The predicted molar refractivity (Wildman–Crippen MR) is 145 cm³/mol. The molecule has 0 fully saturated rings. The second-order valence-electron chi connectivity index (χ2n) is 9.37. The molecule has 3 rings (SSSR count). The minimum atomic E-state index is -0.330. The Bertz CT molecular complexity index is 1000. The Balaban J connectivity index is 1.50. The van der Waals surface area contributed by atoms with E-state index in [9.17, 15) is 4.79 Å². The summed E-state index contributed by atoms with van der Waals surface area (Å²) < 4.78 is 11.6. The fourth-order valence-corrected chi connectivity index (χ4v) is 4.14. The highest BCUT2D eigenvalue weighted by Gasteiger charge is 2.09. The van der Waals surface area contributed by atoms with E-state index in [1.807, 2.05) is 60.7 Å². The number of unbranched alkanes of at least 4 members (excludes halogenated alkanes) is 5. The lowest BCUT2D eigenvalue weighted by atomic mass is 10.1. The van der Waals surface area contributed by atoms with Gasteiger partial charge in [0, 0.05) is 0 Å². The highest BCUT2D eigenvalue weighted by Crippen LogP contribution is 2.26. The molecule has 0 aliphatic rings. The Morgan fingerprint density at radius 1 is 0.686 bits per heavy atom. The number of aryl methyl sites for hydroxylation is 1. The molecule has 0 saturated heterocycles. The third kappa shape index (κ3) is 8.90. The zero-order valence-electron chi connectivity index (χ0n) is 21.6. The zero-order valence-corrected chi connectivity index (χ0v) is 21.6. The predicted octanol–water partition coefficient (Wildman–Crippen LogP) is 9.04. The molecule has 0 aromatic heterocycles. The highest BCUT2D eigenvalue weighted by atomic mass is 16.5. The summed E-state index contributed by atoms with van der Waals surface area (Å²) in [6, 6.07) is 23.6. The van der Waals surface area contributed by atoms with Crippen LogP contribution in [-0.4, -0.2) is 12.1 Å². The quantitative estimate of drug-likeness (QED) is 0.133. The molecule has 0 spiro atoms. The van der Waals surface area contributed by atoms with Crippen LogP contribution in [0.2, 0.25) is 0 Å². The van der Waals surface area contributed by atoms with Gasteiger partial charge in [0.05, 0.1) is 11.7 Å². The molecule has 3 nitrogen and oxygen atoms in total. The highest BCUT2D eigenvalue weighted by molar-refractivity contribution is 5.91. The maximum Gasteiger partial charge on any atom is 0.343 e. The first-order chi connectivity index (χ1) is 17.1. The molecule has 0 amide bonds. The molecule has 186 valence electrons. The van der Waals surface area contributed by atoms with Crippen molar-refractivity contribution in [3.8, 4) is 22.6 Å². The van der Waals surface area contributed by atoms with E-state index < -0.39 is 0 Å². The summed E-state index contributed by atoms with van der Waals surface area (Å²) in [7, 11) is 0. The first kappa shape index (κ1) is 26.5. The van der Waals surface area contributed by atoms with Gasteiger partial charge < -0.3 is 9.47 Å². The summed E-state index contributed by atoms with van der Waals surface area (Å²) in [5, 5.41) is 0. The van der Waals surface area contributed by atoms with Crippen molar-refractivity contribution in [2.24, 2.45) is 0 Å². The number of carbonyl (C=O) groups is 1. The van der Waals surface area contributed by atoms with Crippen molar-refractivity contribution in [3.63, 3.8) is 0 Å². The third-order valence-electron chi connectivity index (χ3n) is 6.31. The van der Waals surface area contributed by atoms with Crippen molar-refractivity contribution in [1.29, 1.82) is 0 Å². The van der Waals surface area contributed by atoms with Gasteiger partial charge in [0.25, 0.3) is 0 Å². The number of benzene rings is 3. The number of carbonyl (C=O) groups excluding carboxylic acids is 1. The Labute approximate surface area is 211 Å². The Morgan fingerprint density at radius 3 is 1.86 bits per heavy atom. The van der Waals surface area contributed by atoms with Crippen LogP contribution in [0.15, 0.2) is 72.8 Å². The summed E-state index contributed by atoms with van der Waals surface area (Å²) in [5.41, 5.74) is 4.01. The Morgan fingerprint density at radius 2 is 1.26 bits per heavy atom. The van der Waals surface area contributed by atoms with E-state index in [0.717, 1.165) is 29.7 Å². The fourth-order valence-electron chi connectivity index (χ4n) is 4.14. The van der Waals surface area contributed by atoms with Crippen molar-refractivity contribution < 1.29 is 14.3 Å². The number of rotatable bonds is 14. The van der Waals surface area contributed by atoms with Gasteiger partial charge in [0.2, 0.25) is 0 Å². The summed E-state index contributed by atoms with van der Waals surface area (Å²) in [6.45, 7) is 6.58. The van der Waals surface area contributed by atoms with E-state index >= 15 is 0 Å². The topological polar surface area (TPSA) is 35.5 Å². The van der Waals surface area contributed by atoms with Gasteiger partial charge in [-0.05, 0) is 85.7 Å². The van der Waals surface area contributed by atoms with Gasteiger partial charge >= 0.3 is 5.97 Å². The van der Waals surface area contributed by atoms with Crippen LogP contribution in [0, 0.1) is 0 Å². The van der Waals surface area contributed by atoms with E-state index in [-0.39, 0.29) is 12.1 Å². The third-order valence-corrected chi connectivity index (χ3v) is 6.31. The van der Waals surface area contributed by atoms with Crippen molar-refractivity contribution in [3.05, 3.63) is 83.9 Å². The number of hydrogen-bond acceptors (Lipinski definition) is 3. The molecule has 0 unspecified atom stereocenters. The molecule has 3 heteroatoms. The number of esters is 1.